The van der Waals surface area contributed by atoms with Gasteiger partial charge in [-0.05, 0) is 32.8 Å². The molecule has 1 aromatic carbocycles. The maximum Gasteiger partial charge on any atom is 0.191 e. The molecule has 1 rings (SSSR count). The van der Waals surface area contributed by atoms with Gasteiger partial charge in [-0.25, -0.2) is 0 Å². The number of rotatable bonds is 5. The highest BCUT2D eigenvalue weighted by Crippen LogP contribution is 1.99. The molecule has 0 radical (unpaired) electrons. The van der Waals surface area contributed by atoms with Crippen LogP contribution in [0.1, 0.15) is 26.3 Å². The monoisotopic (exact) mass is 361 g/mol. The molecule has 0 spiro atoms. The van der Waals surface area contributed by atoms with Gasteiger partial charge >= 0.3 is 0 Å². The topological polar surface area (TPSA) is 36.4 Å². The highest BCUT2D eigenvalue weighted by atomic mass is 127. The molecule has 18 heavy (non-hydrogen) atoms. The van der Waals surface area contributed by atoms with Crippen LogP contribution in [0, 0.1) is 0 Å². The lowest BCUT2D eigenvalue weighted by atomic mass is 10.2. The van der Waals surface area contributed by atoms with Crippen molar-refractivity contribution in [1.82, 2.24) is 10.6 Å². The predicted octanol–water partition coefficient (Wildman–Crippen LogP) is 2.81. The molecule has 0 saturated carbocycles. The van der Waals surface area contributed by atoms with E-state index in [9.17, 15) is 0 Å². The molecule has 0 aliphatic carbocycles. The number of hydrogen-bond acceptors (Lipinski definition) is 1. The van der Waals surface area contributed by atoms with E-state index in [-0.39, 0.29) is 24.0 Å². The van der Waals surface area contributed by atoms with Crippen LogP contribution >= 0.6 is 24.0 Å². The Hall–Kier alpha value is -0.780. The third-order valence-electron chi connectivity index (χ3n) is 2.28. The van der Waals surface area contributed by atoms with Gasteiger partial charge < -0.3 is 10.6 Å². The van der Waals surface area contributed by atoms with E-state index in [2.05, 4.69) is 60.7 Å². The van der Waals surface area contributed by atoms with E-state index in [4.69, 9.17) is 0 Å². The maximum atomic E-state index is 4.54. The molecule has 0 aliphatic rings. The van der Waals surface area contributed by atoms with E-state index in [1.54, 1.807) is 0 Å². The highest BCUT2D eigenvalue weighted by molar-refractivity contribution is 14.0. The van der Waals surface area contributed by atoms with Gasteiger partial charge in [-0.1, -0.05) is 30.3 Å². The van der Waals surface area contributed by atoms with Crippen molar-refractivity contribution in [2.24, 2.45) is 4.99 Å². The molecule has 0 amide bonds. The number of nitrogens with one attached hydrogen (secondary N) is 2. The van der Waals surface area contributed by atoms with Crippen LogP contribution < -0.4 is 10.6 Å². The van der Waals surface area contributed by atoms with Crippen LogP contribution in [0.5, 0.6) is 0 Å². The Morgan fingerprint density at radius 1 is 1.22 bits per heavy atom. The van der Waals surface area contributed by atoms with Crippen molar-refractivity contribution in [3.63, 3.8) is 0 Å². The Balaban J connectivity index is 0.00000289. The maximum absolute atomic E-state index is 4.54. The first-order valence-electron chi connectivity index (χ1n) is 6.31. The third-order valence-corrected chi connectivity index (χ3v) is 2.28. The predicted molar refractivity (Wildman–Crippen MR) is 89.8 cm³/mol. The van der Waals surface area contributed by atoms with Gasteiger partial charge in [0.15, 0.2) is 5.96 Å². The van der Waals surface area contributed by atoms with Gasteiger partial charge in [-0.15, -0.1) is 24.0 Å². The minimum Gasteiger partial charge on any atom is -0.357 e. The Labute approximate surface area is 127 Å². The first-order chi connectivity index (χ1) is 8.22. The second-order valence-electron chi connectivity index (χ2n) is 4.30. The number of aliphatic imine (C=N–C) groups is 1. The molecule has 3 nitrogen and oxygen atoms in total. The van der Waals surface area contributed by atoms with Crippen LogP contribution in [0.4, 0.5) is 0 Å². The smallest absolute Gasteiger partial charge is 0.191 e. The van der Waals surface area contributed by atoms with Gasteiger partial charge in [0.05, 0.1) is 0 Å². The van der Waals surface area contributed by atoms with Crippen LogP contribution in [0.15, 0.2) is 35.3 Å². The van der Waals surface area contributed by atoms with Crippen LogP contribution in [-0.4, -0.2) is 25.1 Å². The largest absolute Gasteiger partial charge is 0.357 e. The van der Waals surface area contributed by atoms with Crippen LogP contribution in [0.2, 0.25) is 0 Å². The summed E-state index contributed by atoms with van der Waals surface area (Å²) in [7, 11) is 0. The standard InChI is InChI=1S/C14H23N3.HI/c1-4-15-14(17-12(2)3)16-11-10-13-8-6-5-7-9-13;/h5-9,12H,4,10-11H2,1-3H3,(H2,15,16,17);1H. The van der Waals surface area contributed by atoms with Crippen molar-refractivity contribution >= 4 is 29.9 Å². The molecule has 2 N–H and O–H groups in total. The zero-order chi connectivity index (χ0) is 12.5. The first-order valence-corrected chi connectivity index (χ1v) is 6.31. The van der Waals surface area contributed by atoms with Gasteiger partial charge in [-0.2, -0.15) is 0 Å². The van der Waals surface area contributed by atoms with E-state index >= 15 is 0 Å². The van der Waals surface area contributed by atoms with Crippen LogP contribution in [0.3, 0.4) is 0 Å². The fourth-order valence-corrected chi connectivity index (χ4v) is 1.53. The number of nitrogens with zero attached hydrogens (tertiary/aromatic N) is 1. The fraction of sp³-hybridized carbons (Fsp3) is 0.500. The number of halogens is 1. The summed E-state index contributed by atoms with van der Waals surface area (Å²) in [5.74, 6) is 0.901. The van der Waals surface area contributed by atoms with E-state index < -0.39 is 0 Å². The summed E-state index contributed by atoms with van der Waals surface area (Å²) >= 11 is 0. The summed E-state index contributed by atoms with van der Waals surface area (Å²) in [5, 5.41) is 6.55. The second-order valence-corrected chi connectivity index (χ2v) is 4.30. The Kier molecular flexibility index (Phi) is 9.73. The Morgan fingerprint density at radius 3 is 2.44 bits per heavy atom. The van der Waals surface area contributed by atoms with Crippen molar-refractivity contribution in [1.29, 1.82) is 0 Å². The zero-order valence-corrected chi connectivity index (χ0v) is 13.8. The van der Waals surface area contributed by atoms with Gasteiger partial charge in [0.1, 0.15) is 0 Å². The van der Waals surface area contributed by atoms with Crippen LogP contribution in [0.25, 0.3) is 0 Å². The van der Waals surface area contributed by atoms with Gasteiger partial charge in [-0.3, -0.25) is 4.99 Å². The third kappa shape index (κ3) is 7.53. The summed E-state index contributed by atoms with van der Waals surface area (Å²) in [5.41, 5.74) is 1.33. The van der Waals surface area contributed by atoms with E-state index in [0.717, 1.165) is 25.5 Å². The average molecular weight is 361 g/mol. The molecule has 0 aliphatic heterocycles. The lowest BCUT2D eigenvalue weighted by Crippen LogP contribution is -2.41. The summed E-state index contributed by atoms with van der Waals surface area (Å²) in [4.78, 5) is 4.54. The average Bonchev–Trinajstić information content (AvgIpc) is 2.30. The molecule has 4 heteroatoms. The lowest BCUT2D eigenvalue weighted by molar-refractivity contribution is 0.700. The van der Waals surface area contributed by atoms with E-state index in [1.807, 2.05) is 6.07 Å². The van der Waals surface area contributed by atoms with E-state index in [1.165, 1.54) is 5.56 Å². The Morgan fingerprint density at radius 2 is 1.89 bits per heavy atom. The van der Waals surface area contributed by atoms with Crippen molar-refractivity contribution in [3.05, 3.63) is 35.9 Å². The molecule has 0 fully saturated rings. The van der Waals surface area contributed by atoms with Crippen molar-refractivity contribution < 1.29 is 0 Å². The van der Waals surface area contributed by atoms with Crippen molar-refractivity contribution in [3.8, 4) is 0 Å². The lowest BCUT2D eigenvalue weighted by Gasteiger charge is -2.13. The number of hydrogen-bond donors (Lipinski definition) is 2. The fourth-order valence-electron chi connectivity index (χ4n) is 1.53. The molecular formula is C14H24IN3. The summed E-state index contributed by atoms with van der Waals surface area (Å²) in [6, 6.07) is 10.9. The minimum absolute atomic E-state index is 0. The molecule has 102 valence electrons. The molecule has 0 heterocycles. The number of guanidine groups is 1. The second kappa shape index (κ2) is 10.2. The zero-order valence-electron chi connectivity index (χ0n) is 11.4. The summed E-state index contributed by atoms with van der Waals surface area (Å²) in [6.45, 7) is 8.01. The van der Waals surface area contributed by atoms with Gasteiger partial charge in [0.2, 0.25) is 0 Å². The minimum atomic E-state index is 0. The summed E-state index contributed by atoms with van der Waals surface area (Å²) < 4.78 is 0. The molecule has 0 bridgehead atoms. The van der Waals surface area contributed by atoms with Gasteiger partial charge in [0, 0.05) is 19.1 Å². The molecule has 0 aromatic heterocycles. The summed E-state index contributed by atoms with van der Waals surface area (Å²) in [6.07, 6.45) is 0.982. The normalized spacial score (nSPS) is 11.0. The highest BCUT2D eigenvalue weighted by Gasteiger charge is 1.98. The molecule has 1 aromatic rings. The molecule has 0 saturated heterocycles. The van der Waals surface area contributed by atoms with Crippen molar-refractivity contribution in [2.45, 2.75) is 33.2 Å². The van der Waals surface area contributed by atoms with Gasteiger partial charge in [0.25, 0.3) is 0 Å². The Bertz CT molecular complexity index is 336. The van der Waals surface area contributed by atoms with E-state index in [0.29, 0.717) is 6.04 Å². The SMILES string of the molecule is CCNC(=NCCc1ccccc1)NC(C)C.I. The molecule has 0 atom stereocenters. The number of benzene rings is 1. The molecule has 0 unspecified atom stereocenters. The quantitative estimate of drug-likeness (QED) is 0.481. The first kappa shape index (κ1) is 17.2. The van der Waals surface area contributed by atoms with Crippen LogP contribution in [-0.2, 0) is 6.42 Å². The molecular weight excluding hydrogens is 337 g/mol. The van der Waals surface area contributed by atoms with Crippen molar-refractivity contribution in [2.75, 3.05) is 13.1 Å².